The number of aryl methyl sites for hydroxylation is 1. The van der Waals surface area contributed by atoms with E-state index in [1.54, 1.807) is 23.4 Å². The number of nitrogens with one attached hydrogen (secondary N) is 4. The summed E-state index contributed by atoms with van der Waals surface area (Å²) >= 11 is 5.52. The van der Waals surface area contributed by atoms with Gasteiger partial charge in [-0.2, -0.15) is 0 Å². The summed E-state index contributed by atoms with van der Waals surface area (Å²) in [6.07, 6.45) is 7.45. The third-order valence-electron chi connectivity index (χ3n) is 7.01. The summed E-state index contributed by atoms with van der Waals surface area (Å²) < 4.78 is 4.17. The molecular formula is C30H26BrN9O3S2. The Balaban J connectivity index is 1.32. The number of halogens is 1. The fourth-order valence-electron chi connectivity index (χ4n) is 4.95. The van der Waals surface area contributed by atoms with Crippen molar-refractivity contribution in [1.82, 2.24) is 23.9 Å². The largest absolute Gasteiger partial charge is 0.383 e. The van der Waals surface area contributed by atoms with E-state index in [4.69, 9.17) is 5.73 Å². The Morgan fingerprint density at radius 3 is 2.82 bits per heavy atom. The molecular weight excluding hydrogens is 678 g/mol. The number of amidine groups is 1. The Bertz CT molecular complexity index is 2200. The first-order valence-electron chi connectivity index (χ1n) is 13.7. The van der Waals surface area contributed by atoms with Gasteiger partial charge in [0.1, 0.15) is 21.3 Å². The van der Waals surface area contributed by atoms with Gasteiger partial charge in [0.25, 0.3) is 11.5 Å². The van der Waals surface area contributed by atoms with Gasteiger partial charge in [0.2, 0.25) is 5.91 Å². The van der Waals surface area contributed by atoms with Crippen LogP contribution in [0.25, 0.3) is 27.9 Å². The van der Waals surface area contributed by atoms with Crippen LogP contribution in [0.2, 0.25) is 0 Å². The highest BCUT2D eigenvalue weighted by Crippen LogP contribution is 2.33. The number of aliphatic imine (C=N–C) groups is 1. The molecule has 45 heavy (non-hydrogen) atoms. The van der Waals surface area contributed by atoms with Crippen LogP contribution < -0.4 is 21.9 Å². The minimum absolute atomic E-state index is 0.0824. The molecule has 15 heteroatoms. The first-order valence-corrected chi connectivity index (χ1v) is 16.3. The molecule has 5 aromatic heterocycles. The van der Waals surface area contributed by atoms with Crippen molar-refractivity contribution in [3.63, 3.8) is 0 Å². The number of carbonyl (C=O) groups excluding carboxylic acids is 2. The predicted octanol–water partition coefficient (Wildman–Crippen LogP) is 5.95. The van der Waals surface area contributed by atoms with Gasteiger partial charge in [0.15, 0.2) is 10.9 Å². The van der Waals surface area contributed by atoms with Crippen molar-refractivity contribution in [3.8, 4) is 0 Å². The Morgan fingerprint density at radius 2 is 2.04 bits per heavy atom. The maximum absolute atomic E-state index is 14.0. The summed E-state index contributed by atoms with van der Waals surface area (Å²) in [5.74, 6) is -0.286. The van der Waals surface area contributed by atoms with Crippen molar-refractivity contribution < 1.29 is 9.59 Å². The molecule has 0 fully saturated rings. The molecule has 0 radical (unpaired) electrons. The maximum atomic E-state index is 14.0. The first kappa shape index (κ1) is 30.2. The third kappa shape index (κ3) is 5.84. The van der Waals surface area contributed by atoms with Crippen LogP contribution in [0.3, 0.4) is 0 Å². The molecule has 6 aromatic rings. The number of thiazole rings is 1. The molecule has 0 unspecified atom stereocenters. The van der Waals surface area contributed by atoms with Crippen molar-refractivity contribution >= 4 is 100 Å². The highest BCUT2D eigenvalue weighted by molar-refractivity contribution is 9.11. The van der Waals surface area contributed by atoms with E-state index in [0.717, 1.165) is 50.3 Å². The standard InChI is InChI=1S/C30H26BrN9O3S2/c1-3-20-24(29(43)40-11-9-19-16(8-10-31)12-35-26(23(19)40)36-15(2)41)44-30(37-20)38-28-22(27(42)39-45-28)25(32)34-14-17-13-33-21-7-5-4-6-18(17)21/h4-13,33H,3,14H2,1-2H3,(H2,32,34)(H,37,38)(H,39,42)(H,35,36,41). The van der Waals surface area contributed by atoms with Crippen molar-refractivity contribution in [2.75, 3.05) is 10.6 Å². The molecule has 5 heterocycles. The number of carbonyl (C=O) groups is 2. The van der Waals surface area contributed by atoms with Crippen molar-refractivity contribution in [2.24, 2.45) is 10.7 Å². The molecule has 1 amide bonds. The topological polar surface area (TPSA) is 176 Å². The van der Waals surface area contributed by atoms with Gasteiger partial charge >= 0.3 is 0 Å². The molecule has 12 nitrogen and oxygen atoms in total. The van der Waals surface area contributed by atoms with Crippen molar-refractivity contribution in [2.45, 2.75) is 26.8 Å². The monoisotopic (exact) mass is 703 g/mol. The molecule has 228 valence electrons. The zero-order chi connectivity index (χ0) is 31.7. The number of H-pyrrole nitrogens is 2. The van der Waals surface area contributed by atoms with E-state index < -0.39 is 0 Å². The fourth-order valence-corrected chi connectivity index (χ4v) is 7.04. The second-order valence-electron chi connectivity index (χ2n) is 9.86. The number of nitrogens with zero attached hydrogens (tertiary/aromatic N) is 4. The second kappa shape index (κ2) is 12.6. The summed E-state index contributed by atoms with van der Waals surface area (Å²) in [5.41, 5.74) is 9.91. The highest BCUT2D eigenvalue weighted by atomic mass is 79.9. The number of nitrogens with two attached hydrogens (primary N) is 1. The van der Waals surface area contributed by atoms with Gasteiger partial charge in [-0.3, -0.25) is 28.3 Å². The van der Waals surface area contributed by atoms with E-state index in [-0.39, 0.29) is 41.1 Å². The van der Waals surface area contributed by atoms with Crippen LogP contribution >= 0.6 is 38.8 Å². The number of hydrogen-bond donors (Lipinski definition) is 5. The quantitative estimate of drug-likeness (QED) is 0.0913. The number of para-hydroxylation sites is 1. The highest BCUT2D eigenvalue weighted by Gasteiger charge is 2.24. The van der Waals surface area contributed by atoms with Crippen molar-refractivity contribution in [3.05, 3.63) is 91.5 Å². The van der Waals surface area contributed by atoms with Crippen LogP contribution in [0.1, 0.15) is 45.9 Å². The number of hydrogen-bond acceptors (Lipinski definition) is 9. The SMILES string of the molecule is CCc1nc(Nc2s[nH]c(=O)c2C(N)=NCc2c[nH]c3ccccc23)sc1C(=O)n1ccc2c(C=CBr)cnc(NC(C)=O)c21. The number of amides is 1. The molecule has 0 spiro atoms. The van der Waals surface area contributed by atoms with Crippen LogP contribution in [0, 0.1) is 0 Å². The third-order valence-corrected chi connectivity index (χ3v) is 9.07. The normalized spacial score (nSPS) is 12.0. The van der Waals surface area contributed by atoms with E-state index in [0.29, 0.717) is 32.6 Å². The number of aromatic nitrogens is 5. The number of fused-ring (bicyclic) bond motifs is 2. The van der Waals surface area contributed by atoms with Crippen LogP contribution in [-0.2, 0) is 17.8 Å². The van der Waals surface area contributed by atoms with Crippen LogP contribution in [-0.4, -0.2) is 41.5 Å². The lowest BCUT2D eigenvalue weighted by Gasteiger charge is -2.09. The number of benzene rings is 1. The summed E-state index contributed by atoms with van der Waals surface area (Å²) in [5, 5.41) is 8.52. The van der Waals surface area contributed by atoms with E-state index in [2.05, 4.69) is 50.9 Å². The summed E-state index contributed by atoms with van der Waals surface area (Å²) in [4.78, 5) is 57.5. The van der Waals surface area contributed by atoms with Crippen LogP contribution in [0.15, 0.2) is 63.7 Å². The first-order chi connectivity index (χ1) is 21.8. The Labute approximate surface area is 272 Å². The van der Waals surface area contributed by atoms with E-state index >= 15 is 0 Å². The van der Waals surface area contributed by atoms with Gasteiger partial charge in [-0.1, -0.05) is 52.4 Å². The summed E-state index contributed by atoms with van der Waals surface area (Å²) in [6.45, 7) is 3.57. The molecule has 0 saturated heterocycles. The van der Waals surface area contributed by atoms with Gasteiger partial charge in [-0.15, -0.1) is 0 Å². The van der Waals surface area contributed by atoms with Gasteiger partial charge in [-0.25, -0.2) is 9.97 Å². The lowest BCUT2D eigenvalue weighted by Crippen LogP contribution is -2.22. The minimum atomic E-state index is -0.378. The summed E-state index contributed by atoms with van der Waals surface area (Å²) in [6, 6.07) is 9.68. The lowest BCUT2D eigenvalue weighted by molar-refractivity contribution is -0.114. The number of pyridine rings is 1. The molecule has 6 rings (SSSR count). The molecule has 0 atom stereocenters. The zero-order valence-electron chi connectivity index (χ0n) is 24.0. The Kier molecular flexibility index (Phi) is 8.47. The maximum Gasteiger partial charge on any atom is 0.274 e. The van der Waals surface area contributed by atoms with Gasteiger partial charge in [0, 0.05) is 47.4 Å². The van der Waals surface area contributed by atoms with Gasteiger partial charge < -0.3 is 21.4 Å². The van der Waals surface area contributed by atoms with E-state index in [1.807, 2.05) is 43.5 Å². The molecule has 6 N–H and O–H groups in total. The Morgan fingerprint density at radius 1 is 1.22 bits per heavy atom. The van der Waals surface area contributed by atoms with Gasteiger partial charge in [-0.05, 0) is 46.7 Å². The predicted molar refractivity (Wildman–Crippen MR) is 184 cm³/mol. The molecule has 1 aromatic carbocycles. The second-order valence-corrected chi connectivity index (χ2v) is 12.2. The molecule has 0 saturated carbocycles. The number of aromatic amines is 2. The molecule has 0 aliphatic rings. The smallest absolute Gasteiger partial charge is 0.274 e. The molecule has 0 aliphatic heterocycles. The van der Waals surface area contributed by atoms with Crippen molar-refractivity contribution in [1.29, 1.82) is 0 Å². The summed E-state index contributed by atoms with van der Waals surface area (Å²) in [7, 11) is 0. The van der Waals surface area contributed by atoms with Crippen LogP contribution in [0.5, 0.6) is 0 Å². The van der Waals surface area contributed by atoms with Crippen LogP contribution in [0.4, 0.5) is 16.0 Å². The number of rotatable bonds is 9. The minimum Gasteiger partial charge on any atom is -0.383 e. The number of anilines is 3. The average molecular weight is 705 g/mol. The molecule has 0 bridgehead atoms. The zero-order valence-corrected chi connectivity index (χ0v) is 27.2. The van der Waals surface area contributed by atoms with E-state index in [9.17, 15) is 14.4 Å². The lowest BCUT2D eigenvalue weighted by atomic mass is 10.2. The fraction of sp³-hybridized carbons (Fsp3) is 0.133. The van der Waals surface area contributed by atoms with Gasteiger partial charge in [0.05, 0.1) is 17.8 Å². The Hall–Kier alpha value is -4.86. The average Bonchev–Trinajstić information content (AvgIpc) is 3.82. The van der Waals surface area contributed by atoms with E-state index in [1.165, 1.54) is 11.5 Å². The molecule has 0 aliphatic carbocycles.